The molecule has 1 N–H and O–H groups in total. The van der Waals surface area contributed by atoms with Gasteiger partial charge in [0.1, 0.15) is 0 Å². The monoisotopic (exact) mass is 277 g/mol. The lowest BCUT2D eigenvalue weighted by atomic mass is 9.78. The molecule has 3 nitrogen and oxygen atoms in total. The number of ether oxygens (including phenoxy) is 2. The fraction of sp³-hybridized carbons (Fsp3) is 0.647. The van der Waals surface area contributed by atoms with Crippen molar-refractivity contribution in [2.75, 3.05) is 19.5 Å². The predicted molar refractivity (Wildman–Crippen MR) is 83.9 cm³/mol. The van der Waals surface area contributed by atoms with Gasteiger partial charge in [-0.3, -0.25) is 0 Å². The molecular weight excluding hydrogens is 250 g/mol. The number of benzene rings is 1. The Balaban J connectivity index is 2.20. The summed E-state index contributed by atoms with van der Waals surface area (Å²) in [4.78, 5) is 0. The minimum atomic E-state index is 0.551. The summed E-state index contributed by atoms with van der Waals surface area (Å²) in [5.74, 6) is 3.08. The van der Waals surface area contributed by atoms with Gasteiger partial charge in [-0.1, -0.05) is 26.7 Å². The molecule has 0 spiro atoms. The molecule has 0 aliphatic heterocycles. The van der Waals surface area contributed by atoms with Crippen molar-refractivity contribution in [1.29, 1.82) is 0 Å². The first-order chi connectivity index (χ1) is 9.56. The van der Waals surface area contributed by atoms with Crippen LogP contribution in [0.15, 0.2) is 12.1 Å². The second-order valence-electron chi connectivity index (χ2n) is 6.04. The predicted octanol–water partition coefficient (Wildman–Crippen LogP) is 4.25. The summed E-state index contributed by atoms with van der Waals surface area (Å²) in [6, 6.07) is 4.65. The molecule has 1 aromatic carbocycles. The van der Waals surface area contributed by atoms with Crippen molar-refractivity contribution in [3.63, 3.8) is 0 Å². The Kier molecular flexibility index (Phi) is 4.79. The van der Waals surface area contributed by atoms with Crippen LogP contribution in [0.5, 0.6) is 11.5 Å². The highest BCUT2D eigenvalue weighted by atomic mass is 16.5. The molecule has 1 aromatic rings. The van der Waals surface area contributed by atoms with Gasteiger partial charge in [-0.2, -0.15) is 0 Å². The van der Waals surface area contributed by atoms with Crippen molar-refractivity contribution in [2.45, 2.75) is 46.1 Å². The van der Waals surface area contributed by atoms with E-state index in [1.807, 2.05) is 6.07 Å². The highest BCUT2D eigenvalue weighted by molar-refractivity contribution is 5.60. The average molecular weight is 277 g/mol. The van der Waals surface area contributed by atoms with E-state index in [-0.39, 0.29) is 0 Å². The zero-order valence-electron chi connectivity index (χ0n) is 13.3. The third-order valence-corrected chi connectivity index (χ3v) is 4.78. The van der Waals surface area contributed by atoms with Gasteiger partial charge in [-0.15, -0.1) is 0 Å². The number of methoxy groups -OCH3 is 2. The van der Waals surface area contributed by atoms with Crippen LogP contribution < -0.4 is 14.8 Å². The van der Waals surface area contributed by atoms with E-state index in [9.17, 15) is 0 Å². The van der Waals surface area contributed by atoms with Crippen LogP contribution in [-0.4, -0.2) is 20.3 Å². The summed E-state index contributed by atoms with van der Waals surface area (Å²) in [6.45, 7) is 6.83. The number of hydrogen-bond donors (Lipinski definition) is 1. The van der Waals surface area contributed by atoms with E-state index in [0.29, 0.717) is 12.0 Å². The summed E-state index contributed by atoms with van der Waals surface area (Å²) in [7, 11) is 3.36. The molecule has 1 fully saturated rings. The second kappa shape index (κ2) is 6.38. The Morgan fingerprint density at radius 2 is 1.70 bits per heavy atom. The molecule has 0 bridgehead atoms. The number of anilines is 1. The Morgan fingerprint density at radius 1 is 1.05 bits per heavy atom. The number of aryl methyl sites for hydroxylation is 1. The summed E-state index contributed by atoms with van der Waals surface area (Å²) in [5.41, 5.74) is 2.36. The summed E-state index contributed by atoms with van der Waals surface area (Å²) in [6.07, 6.45) is 3.92. The Labute approximate surface area is 122 Å². The van der Waals surface area contributed by atoms with Gasteiger partial charge in [0, 0.05) is 17.8 Å². The molecule has 3 heteroatoms. The van der Waals surface area contributed by atoms with Crippen LogP contribution in [0.2, 0.25) is 0 Å². The fourth-order valence-electron chi connectivity index (χ4n) is 3.12. The van der Waals surface area contributed by atoms with Gasteiger partial charge in [-0.25, -0.2) is 0 Å². The maximum absolute atomic E-state index is 5.40. The van der Waals surface area contributed by atoms with Crippen molar-refractivity contribution < 1.29 is 9.47 Å². The molecule has 20 heavy (non-hydrogen) atoms. The molecule has 112 valence electrons. The Morgan fingerprint density at radius 3 is 2.35 bits per heavy atom. The molecule has 3 atom stereocenters. The lowest BCUT2D eigenvalue weighted by molar-refractivity contribution is 0.253. The van der Waals surface area contributed by atoms with E-state index in [0.717, 1.165) is 23.1 Å². The van der Waals surface area contributed by atoms with Gasteiger partial charge in [0.05, 0.1) is 14.2 Å². The normalized spacial score (nSPS) is 26.1. The van der Waals surface area contributed by atoms with Gasteiger partial charge >= 0.3 is 0 Å². The minimum Gasteiger partial charge on any atom is -0.493 e. The van der Waals surface area contributed by atoms with Crippen molar-refractivity contribution in [1.82, 2.24) is 0 Å². The van der Waals surface area contributed by atoms with Gasteiger partial charge in [0.15, 0.2) is 11.5 Å². The van der Waals surface area contributed by atoms with Crippen LogP contribution in [-0.2, 0) is 0 Å². The first kappa shape index (κ1) is 15.0. The van der Waals surface area contributed by atoms with Crippen molar-refractivity contribution >= 4 is 5.69 Å². The van der Waals surface area contributed by atoms with Crippen molar-refractivity contribution in [3.05, 3.63) is 17.7 Å². The van der Waals surface area contributed by atoms with E-state index < -0.39 is 0 Å². The third kappa shape index (κ3) is 3.02. The SMILES string of the molecule is COc1cc(C)c(NC2CCCC(C)C2C)cc1OC. The zero-order chi connectivity index (χ0) is 14.7. The third-order valence-electron chi connectivity index (χ3n) is 4.78. The van der Waals surface area contributed by atoms with Crippen LogP contribution >= 0.6 is 0 Å². The van der Waals surface area contributed by atoms with E-state index >= 15 is 0 Å². The lowest BCUT2D eigenvalue weighted by Crippen LogP contribution is -2.35. The van der Waals surface area contributed by atoms with Crippen LogP contribution in [0.4, 0.5) is 5.69 Å². The molecular formula is C17H27NO2. The first-order valence-corrected chi connectivity index (χ1v) is 7.56. The van der Waals surface area contributed by atoms with E-state index in [1.165, 1.54) is 24.8 Å². The molecule has 1 saturated carbocycles. The maximum Gasteiger partial charge on any atom is 0.162 e. The maximum atomic E-state index is 5.40. The molecule has 0 heterocycles. The summed E-state index contributed by atoms with van der Waals surface area (Å²) < 4.78 is 10.8. The molecule has 0 saturated heterocycles. The van der Waals surface area contributed by atoms with Gasteiger partial charge in [-0.05, 0) is 36.8 Å². The number of hydrogen-bond acceptors (Lipinski definition) is 3. The van der Waals surface area contributed by atoms with Crippen LogP contribution in [0.1, 0.15) is 38.7 Å². The highest BCUT2D eigenvalue weighted by Gasteiger charge is 2.27. The van der Waals surface area contributed by atoms with Crippen LogP contribution in [0.3, 0.4) is 0 Å². The molecule has 1 aliphatic carbocycles. The fourth-order valence-corrected chi connectivity index (χ4v) is 3.12. The van der Waals surface area contributed by atoms with E-state index in [4.69, 9.17) is 9.47 Å². The molecule has 2 rings (SSSR count). The molecule has 0 aromatic heterocycles. The van der Waals surface area contributed by atoms with Gasteiger partial charge < -0.3 is 14.8 Å². The highest BCUT2D eigenvalue weighted by Crippen LogP contribution is 2.36. The van der Waals surface area contributed by atoms with Crippen LogP contribution in [0.25, 0.3) is 0 Å². The van der Waals surface area contributed by atoms with Crippen LogP contribution in [0, 0.1) is 18.8 Å². The van der Waals surface area contributed by atoms with Gasteiger partial charge in [0.2, 0.25) is 0 Å². The number of rotatable bonds is 4. The largest absolute Gasteiger partial charge is 0.493 e. The smallest absolute Gasteiger partial charge is 0.162 e. The molecule has 0 radical (unpaired) electrons. The van der Waals surface area contributed by atoms with Gasteiger partial charge in [0.25, 0.3) is 0 Å². The van der Waals surface area contributed by atoms with E-state index in [1.54, 1.807) is 14.2 Å². The Bertz CT molecular complexity index is 459. The summed E-state index contributed by atoms with van der Waals surface area (Å²) in [5, 5.41) is 3.72. The standard InChI is InChI=1S/C17H27NO2/c1-11-7-6-8-14(13(11)3)18-15-10-17(20-5)16(19-4)9-12(15)2/h9-11,13-14,18H,6-8H2,1-5H3. The van der Waals surface area contributed by atoms with E-state index in [2.05, 4.69) is 32.2 Å². The molecule has 0 amide bonds. The summed E-state index contributed by atoms with van der Waals surface area (Å²) >= 11 is 0. The zero-order valence-corrected chi connectivity index (χ0v) is 13.3. The second-order valence-corrected chi connectivity index (χ2v) is 6.04. The quantitative estimate of drug-likeness (QED) is 0.892. The lowest BCUT2D eigenvalue weighted by Gasteiger charge is -2.35. The molecule has 1 aliphatic rings. The number of nitrogens with one attached hydrogen (secondary N) is 1. The Hall–Kier alpha value is -1.38. The molecule has 3 unspecified atom stereocenters. The average Bonchev–Trinajstić information content (AvgIpc) is 2.45. The first-order valence-electron chi connectivity index (χ1n) is 7.56. The topological polar surface area (TPSA) is 30.5 Å². The van der Waals surface area contributed by atoms with Crippen molar-refractivity contribution in [2.24, 2.45) is 11.8 Å². The van der Waals surface area contributed by atoms with Crippen molar-refractivity contribution in [3.8, 4) is 11.5 Å². The minimum absolute atomic E-state index is 0.551.